The van der Waals surface area contributed by atoms with Gasteiger partial charge in [-0.1, -0.05) is 31.4 Å². The van der Waals surface area contributed by atoms with E-state index in [2.05, 4.69) is 16.2 Å². The number of nitrogens with one attached hydrogen (secondary N) is 3. The molecule has 3 N–H and O–H groups in total. The van der Waals surface area contributed by atoms with Gasteiger partial charge in [0.05, 0.1) is 19.0 Å². The van der Waals surface area contributed by atoms with Crippen LogP contribution >= 0.6 is 0 Å². The number of sulfonamides is 1. The van der Waals surface area contributed by atoms with Gasteiger partial charge in [0.25, 0.3) is 0 Å². The van der Waals surface area contributed by atoms with Gasteiger partial charge in [0.1, 0.15) is 5.82 Å². The molecule has 2 unspecified atom stereocenters. The Morgan fingerprint density at radius 2 is 2.00 bits per heavy atom. The number of hydrogen-bond acceptors (Lipinski definition) is 5. The maximum absolute atomic E-state index is 13.4. The summed E-state index contributed by atoms with van der Waals surface area (Å²) in [5, 5.41) is 2.82. The SMILES string of the molecule is CS(=O)(=O)N(CC(=O)NC1CC(c2cccc(F)c2)NN1)C1CCCCC1. The van der Waals surface area contributed by atoms with Crippen LogP contribution in [0.25, 0.3) is 0 Å². The number of benzene rings is 1. The third-order valence-corrected chi connectivity index (χ3v) is 6.48. The highest BCUT2D eigenvalue weighted by atomic mass is 32.2. The average Bonchev–Trinajstić information content (AvgIpc) is 3.08. The molecule has 0 spiro atoms. The van der Waals surface area contributed by atoms with Crippen LogP contribution in [0.2, 0.25) is 0 Å². The highest BCUT2D eigenvalue weighted by molar-refractivity contribution is 7.88. The third-order valence-electron chi connectivity index (χ3n) is 5.20. The number of hydrazine groups is 1. The van der Waals surface area contributed by atoms with E-state index in [-0.39, 0.29) is 36.5 Å². The molecule has 0 aromatic heterocycles. The van der Waals surface area contributed by atoms with Crippen molar-refractivity contribution < 1.29 is 17.6 Å². The lowest BCUT2D eigenvalue weighted by Gasteiger charge is -2.32. The van der Waals surface area contributed by atoms with Crippen molar-refractivity contribution in [3.63, 3.8) is 0 Å². The zero-order valence-electron chi connectivity index (χ0n) is 15.4. The Morgan fingerprint density at radius 3 is 2.67 bits per heavy atom. The largest absolute Gasteiger partial charge is 0.338 e. The first-order chi connectivity index (χ1) is 12.8. The number of halogens is 1. The standard InChI is InChI=1S/C18H27FN4O3S/c1-27(25,26)23(15-8-3-2-4-9-15)12-18(24)20-17-11-16(21-22-17)13-6-5-7-14(19)10-13/h5-7,10,15-17,21-22H,2-4,8-9,11-12H2,1H3,(H,20,24). The molecule has 9 heteroatoms. The fourth-order valence-corrected chi connectivity index (χ4v) is 4.96. The maximum atomic E-state index is 13.4. The summed E-state index contributed by atoms with van der Waals surface area (Å²) in [7, 11) is -3.46. The minimum atomic E-state index is -3.46. The van der Waals surface area contributed by atoms with Gasteiger partial charge in [0.15, 0.2) is 0 Å². The molecule has 1 heterocycles. The molecule has 27 heavy (non-hydrogen) atoms. The van der Waals surface area contributed by atoms with Crippen LogP contribution in [-0.2, 0) is 14.8 Å². The molecule has 1 aliphatic heterocycles. The second-order valence-corrected chi connectivity index (χ2v) is 9.29. The predicted molar refractivity (Wildman–Crippen MR) is 100 cm³/mol. The maximum Gasteiger partial charge on any atom is 0.236 e. The number of amides is 1. The molecule has 0 bridgehead atoms. The van der Waals surface area contributed by atoms with Crippen molar-refractivity contribution in [1.29, 1.82) is 0 Å². The van der Waals surface area contributed by atoms with Crippen molar-refractivity contribution in [2.24, 2.45) is 0 Å². The summed E-state index contributed by atoms with van der Waals surface area (Å²) in [5.41, 5.74) is 6.80. The van der Waals surface area contributed by atoms with Crippen LogP contribution in [0.3, 0.4) is 0 Å². The van der Waals surface area contributed by atoms with E-state index in [0.717, 1.165) is 43.9 Å². The summed E-state index contributed by atoms with van der Waals surface area (Å²) < 4.78 is 39.0. The van der Waals surface area contributed by atoms with Gasteiger partial charge >= 0.3 is 0 Å². The zero-order chi connectivity index (χ0) is 19.4. The normalized spacial score (nSPS) is 24.3. The fourth-order valence-electron chi connectivity index (χ4n) is 3.86. The molecule has 2 aliphatic rings. The van der Waals surface area contributed by atoms with Crippen molar-refractivity contribution in [3.8, 4) is 0 Å². The number of carbonyl (C=O) groups is 1. The molecule has 3 rings (SSSR count). The van der Waals surface area contributed by atoms with Gasteiger partial charge in [-0.15, -0.1) is 0 Å². The van der Waals surface area contributed by atoms with E-state index in [1.807, 2.05) is 6.07 Å². The smallest absolute Gasteiger partial charge is 0.236 e. The lowest BCUT2D eigenvalue weighted by molar-refractivity contribution is -0.122. The second-order valence-electron chi connectivity index (χ2n) is 7.35. The molecule has 7 nitrogen and oxygen atoms in total. The van der Waals surface area contributed by atoms with Crippen LogP contribution in [0.4, 0.5) is 4.39 Å². The Balaban J connectivity index is 1.56. The van der Waals surface area contributed by atoms with Crippen LogP contribution in [0.5, 0.6) is 0 Å². The van der Waals surface area contributed by atoms with E-state index in [1.165, 1.54) is 16.4 Å². The molecular weight excluding hydrogens is 371 g/mol. The first-order valence-electron chi connectivity index (χ1n) is 9.35. The molecule has 150 valence electrons. The Morgan fingerprint density at radius 1 is 1.26 bits per heavy atom. The van der Waals surface area contributed by atoms with Gasteiger partial charge in [-0.3, -0.25) is 4.79 Å². The lowest BCUT2D eigenvalue weighted by atomic mass is 9.95. The Hall–Kier alpha value is -1.55. The van der Waals surface area contributed by atoms with Crippen molar-refractivity contribution in [3.05, 3.63) is 35.6 Å². The van der Waals surface area contributed by atoms with Crippen molar-refractivity contribution in [2.45, 2.75) is 56.8 Å². The number of hydrogen-bond donors (Lipinski definition) is 3. The molecule has 1 aliphatic carbocycles. The van der Waals surface area contributed by atoms with E-state index in [9.17, 15) is 17.6 Å². The summed E-state index contributed by atoms with van der Waals surface area (Å²) in [6, 6.07) is 6.08. The van der Waals surface area contributed by atoms with Gasteiger partial charge in [0.2, 0.25) is 15.9 Å². The minimum absolute atomic E-state index is 0.103. The van der Waals surface area contributed by atoms with Crippen molar-refractivity contribution in [1.82, 2.24) is 20.5 Å². The average molecular weight is 399 g/mol. The molecular formula is C18H27FN4O3S. The van der Waals surface area contributed by atoms with Crippen LogP contribution in [-0.4, -0.2) is 43.6 Å². The summed E-state index contributed by atoms with van der Waals surface area (Å²) in [4.78, 5) is 12.5. The molecule has 1 amide bonds. The number of rotatable bonds is 6. The quantitative estimate of drug-likeness (QED) is 0.674. The van der Waals surface area contributed by atoms with Crippen LogP contribution < -0.4 is 16.2 Å². The number of nitrogens with zero attached hydrogens (tertiary/aromatic N) is 1. The highest BCUT2D eigenvalue weighted by Gasteiger charge is 2.32. The lowest BCUT2D eigenvalue weighted by Crippen LogP contribution is -2.51. The summed E-state index contributed by atoms with van der Waals surface area (Å²) >= 11 is 0. The molecule has 1 saturated heterocycles. The summed E-state index contributed by atoms with van der Waals surface area (Å²) in [6.07, 6.45) is 6.03. The van der Waals surface area contributed by atoms with E-state index in [0.29, 0.717) is 6.42 Å². The summed E-state index contributed by atoms with van der Waals surface area (Å²) in [6.45, 7) is -0.174. The van der Waals surface area contributed by atoms with Gasteiger partial charge in [-0.25, -0.2) is 23.7 Å². The van der Waals surface area contributed by atoms with Crippen LogP contribution in [0.15, 0.2) is 24.3 Å². The zero-order valence-corrected chi connectivity index (χ0v) is 16.3. The molecule has 1 aromatic rings. The van der Waals surface area contributed by atoms with E-state index < -0.39 is 10.0 Å². The number of carbonyl (C=O) groups excluding carboxylic acids is 1. The Kier molecular flexibility index (Phi) is 6.46. The predicted octanol–water partition coefficient (Wildman–Crippen LogP) is 1.40. The van der Waals surface area contributed by atoms with E-state index in [1.54, 1.807) is 6.07 Å². The topological polar surface area (TPSA) is 90.5 Å². The van der Waals surface area contributed by atoms with Crippen molar-refractivity contribution in [2.75, 3.05) is 12.8 Å². The molecule has 0 radical (unpaired) electrons. The molecule has 2 fully saturated rings. The second kappa shape index (κ2) is 8.64. The van der Waals surface area contributed by atoms with Gasteiger partial charge < -0.3 is 5.32 Å². The van der Waals surface area contributed by atoms with E-state index >= 15 is 0 Å². The molecule has 2 atom stereocenters. The highest BCUT2D eigenvalue weighted by Crippen LogP contribution is 2.25. The van der Waals surface area contributed by atoms with Gasteiger partial charge in [-0.05, 0) is 30.5 Å². The minimum Gasteiger partial charge on any atom is -0.338 e. The van der Waals surface area contributed by atoms with Crippen LogP contribution in [0, 0.1) is 5.82 Å². The summed E-state index contributed by atoms with van der Waals surface area (Å²) in [5.74, 6) is -0.650. The fraction of sp³-hybridized carbons (Fsp3) is 0.611. The first kappa shape index (κ1) is 20.2. The molecule has 1 saturated carbocycles. The van der Waals surface area contributed by atoms with Gasteiger partial charge in [-0.2, -0.15) is 4.31 Å². The van der Waals surface area contributed by atoms with Crippen molar-refractivity contribution >= 4 is 15.9 Å². The van der Waals surface area contributed by atoms with Crippen LogP contribution in [0.1, 0.15) is 50.1 Å². The Labute approximate surface area is 159 Å². The monoisotopic (exact) mass is 398 g/mol. The van der Waals surface area contributed by atoms with Gasteiger partial charge in [0, 0.05) is 18.5 Å². The molecule has 1 aromatic carbocycles. The first-order valence-corrected chi connectivity index (χ1v) is 11.2. The Bertz CT molecular complexity index is 768. The third kappa shape index (κ3) is 5.47. The van der Waals surface area contributed by atoms with E-state index in [4.69, 9.17) is 0 Å².